The molecule has 2 aromatic rings. The zero-order valence-electron chi connectivity index (χ0n) is 24.1. The van der Waals surface area contributed by atoms with Crippen LogP contribution in [0, 0.1) is 11.3 Å². The third-order valence-corrected chi connectivity index (χ3v) is 6.99. The Morgan fingerprint density at radius 3 is 2.23 bits per heavy atom. The Hall–Kier alpha value is -4.21. The van der Waals surface area contributed by atoms with Crippen molar-refractivity contribution in [2.24, 2.45) is 11.3 Å². The van der Waals surface area contributed by atoms with Crippen LogP contribution >= 0.6 is 0 Å². The molecule has 10 nitrogen and oxygen atoms in total. The number of urea groups is 1. The lowest BCUT2D eigenvalue weighted by Crippen LogP contribution is -2.55. The summed E-state index contributed by atoms with van der Waals surface area (Å²) < 4.78 is 5.38. The predicted octanol–water partition coefficient (Wildman–Crippen LogP) is 4.46. The van der Waals surface area contributed by atoms with Crippen molar-refractivity contribution in [2.75, 3.05) is 17.7 Å². The van der Waals surface area contributed by atoms with Gasteiger partial charge in [-0.25, -0.2) is 9.69 Å². The summed E-state index contributed by atoms with van der Waals surface area (Å²) in [6, 6.07) is 10.6. The van der Waals surface area contributed by atoms with Crippen LogP contribution in [0.2, 0.25) is 0 Å². The van der Waals surface area contributed by atoms with Crippen LogP contribution in [0.1, 0.15) is 53.5 Å². The van der Waals surface area contributed by atoms with E-state index >= 15 is 0 Å². The Bertz CT molecular complexity index is 1290. The number of amides is 5. The maximum atomic E-state index is 13.8. The van der Waals surface area contributed by atoms with Crippen LogP contribution < -0.4 is 15.4 Å². The number of nitrogens with zero attached hydrogens (tertiary/aromatic N) is 2. The molecule has 214 valence electrons. The van der Waals surface area contributed by atoms with Crippen LogP contribution in [0.5, 0.6) is 5.75 Å². The van der Waals surface area contributed by atoms with E-state index in [1.807, 2.05) is 37.3 Å². The number of Topliss-reactive ketones (excluding diaryl/α,β-unsaturated/α-hetero) is 1. The SMILES string of the molecule is CCC(C)C(=O)Nc1ccc(OC)c(NC(=O)C(C(=O)C(C)(C)C)N2C(=O)C(C)N(Cc3ccccc3)C2=O)c1. The number of hydrogen-bond donors (Lipinski definition) is 2. The van der Waals surface area contributed by atoms with Crippen molar-refractivity contribution < 1.29 is 28.7 Å². The summed E-state index contributed by atoms with van der Waals surface area (Å²) in [5, 5.41) is 5.47. The van der Waals surface area contributed by atoms with E-state index in [-0.39, 0.29) is 29.8 Å². The van der Waals surface area contributed by atoms with E-state index in [0.29, 0.717) is 12.1 Å². The fraction of sp³-hybridized carbons (Fsp3) is 0.433. The minimum atomic E-state index is -1.72. The average molecular weight is 551 g/mol. The first-order valence-electron chi connectivity index (χ1n) is 13.3. The molecule has 3 rings (SSSR count). The van der Waals surface area contributed by atoms with Gasteiger partial charge in [-0.05, 0) is 37.1 Å². The van der Waals surface area contributed by atoms with Gasteiger partial charge in [-0.3, -0.25) is 19.2 Å². The summed E-state index contributed by atoms with van der Waals surface area (Å²) in [6.45, 7) is 10.3. The number of imide groups is 1. The van der Waals surface area contributed by atoms with Gasteiger partial charge in [0.1, 0.15) is 11.8 Å². The number of carbonyl (C=O) groups is 5. The van der Waals surface area contributed by atoms with Gasteiger partial charge in [0, 0.05) is 23.6 Å². The minimum absolute atomic E-state index is 0.146. The molecule has 1 fully saturated rings. The number of rotatable bonds is 10. The van der Waals surface area contributed by atoms with Crippen molar-refractivity contribution in [1.82, 2.24) is 9.80 Å². The molecule has 0 aromatic heterocycles. The van der Waals surface area contributed by atoms with Crippen LogP contribution in [0.4, 0.5) is 16.2 Å². The highest BCUT2D eigenvalue weighted by Crippen LogP contribution is 2.31. The molecule has 10 heteroatoms. The lowest BCUT2D eigenvalue weighted by molar-refractivity contribution is -0.143. The molecule has 1 heterocycles. The third-order valence-electron chi connectivity index (χ3n) is 6.99. The fourth-order valence-electron chi connectivity index (χ4n) is 4.25. The first-order chi connectivity index (χ1) is 18.8. The molecule has 5 amide bonds. The van der Waals surface area contributed by atoms with E-state index in [4.69, 9.17) is 4.74 Å². The molecule has 3 unspecified atom stereocenters. The second-order valence-corrected chi connectivity index (χ2v) is 11.0. The molecule has 1 aliphatic rings. The molecule has 1 aliphatic heterocycles. The van der Waals surface area contributed by atoms with E-state index in [0.717, 1.165) is 10.5 Å². The molecule has 0 radical (unpaired) electrons. The molecule has 1 saturated heterocycles. The van der Waals surface area contributed by atoms with E-state index in [2.05, 4.69) is 10.6 Å². The summed E-state index contributed by atoms with van der Waals surface area (Å²) in [4.78, 5) is 68.9. The molecule has 0 saturated carbocycles. The summed E-state index contributed by atoms with van der Waals surface area (Å²) in [5.74, 6) is -2.23. The highest BCUT2D eigenvalue weighted by Gasteiger charge is 2.52. The van der Waals surface area contributed by atoms with Crippen molar-refractivity contribution >= 4 is 40.9 Å². The van der Waals surface area contributed by atoms with E-state index in [1.54, 1.807) is 46.8 Å². The highest BCUT2D eigenvalue weighted by molar-refractivity contribution is 6.19. The number of anilines is 2. The molecule has 3 atom stereocenters. The van der Waals surface area contributed by atoms with Gasteiger partial charge in [0.15, 0.2) is 11.8 Å². The van der Waals surface area contributed by atoms with Crippen molar-refractivity contribution in [1.29, 1.82) is 0 Å². The summed E-state index contributed by atoms with van der Waals surface area (Å²) in [7, 11) is 1.41. The molecule has 0 aliphatic carbocycles. The third kappa shape index (κ3) is 6.50. The Morgan fingerprint density at radius 1 is 1.00 bits per heavy atom. The molecule has 0 spiro atoms. The Balaban J connectivity index is 1.96. The number of ether oxygens (including phenoxy) is 1. The van der Waals surface area contributed by atoms with E-state index < -0.39 is 41.1 Å². The molecule has 2 N–H and O–H groups in total. The van der Waals surface area contributed by atoms with Crippen LogP contribution in [-0.4, -0.2) is 58.5 Å². The number of ketones is 1. The highest BCUT2D eigenvalue weighted by atomic mass is 16.5. The quantitative estimate of drug-likeness (QED) is 0.333. The van der Waals surface area contributed by atoms with Gasteiger partial charge in [-0.2, -0.15) is 0 Å². The first kappa shape index (κ1) is 30.3. The smallest absolute Gasteiger partial charge is 0.328 e. The van der Waals surface area contributed by atoms with Crippen molar-refractivity contribution in [3.8, 4) is 5.75 Å². The number of methoxy groups -OCH3 is 1. The van der Waals surface area contributed by atoms with Crippen LogP contribution in [-0.2, 0) is 25.7 Å². The molecule has 40 heavy (non-hydrogen) atoms. The summed E-state index contributed by atoms with van der Waals surface area (Å²) in [5.41, 5.74) is 0.349. The summed E-state index contributed by atoms with van der Waals surface area (Å²) >= 11 is 0. The Labute approximate surface area is 235 Å². The lowest BCUT2D eigenvalue weighted by atomic mass is 9.85. The minimum Gasteiger partial charge on any atom is -0.495 e. The van der Waals surface area contributed by atoms with Gasteiger partial charge < -0.3 is 20.3 Å². The zero-order chi connectivity index (χ0) is 29.8. The lowest BCUT2D eigenvalue weighted by Gasteiger charge is -2.29. The normalized spacial score (nSPS) is 16.9. The molecular formula is C30H38N4O6. The van der Waals surface area contributed by atoms with E-state index in [1.165, 1.54) is 18.1 Å². The Kier molecular flexibility index (Phi) is 9.34. The maximum Gasteiger partial charge on any atom is 0.328 e. The van der Waals surface area contributed by atoms with Crippen molar-refractivity contribution in [3.63, 3.8) is 0 Å². The standard InChI is InChI=1S/C30H38N4O6/c1-8-18(2)26(36)31-21-14-15-23(40-7)22(16-21)32-27(37)24(25(35)30(4,5)6)34-28(38)19(3)33(29(34)39)17-20-12-10-9-11-13-20/h9-16,18-19,24H,8,17H2,1-7H3,(H,31,36)(H,32,37). The number of hydrogen-bond acceptors (Lipinski definition) is 6. The first-order valence-corrected chi connectivity index (χ1v) is 13.3. The van der Waals surface area contributed by atoms with Gasteiger partial charge >= 0.3 is 6.03 Å². The zero-order valence-corrected chi connectivity index (χ0v) is 24.1. The summed E-state index contributed by atoms with van der Waals surface area (Å²) in [6.07, 6.45) is 0.653. The van der Waals surface area contributed by atoms with Gasteiger partial charge in [-0.15, -0.1) is 0 Å². The van der Waals surface area contributed by atoms with Crippen molar-refractivity contribution in [3.05, 3.63) is 54.1 Å². The van der Waals surface area contributed by atoms with Crippen LogP contribution in [0.25, 0.3) is 0 Å². The van der Waals surface area contributed by atoms with E-state index in [9.17, 15) is 24.0 Å². The number of benzene rings is 2. The second kappa shape index (κ2) is 12.3. The second-order valence-electron chi connectivity index (χ2n) is 11.0. The predicted molar refractivity (Wildman–Crippen MR) is 152 cm³/mol. The van der Waals surface area contributed by atoms with Gasteiger partial charge in [-0.1, -0.05) is 65.0 Å². The average Bonchev–Trinajstić information content (AvgIpc) is 3.11. The topological polar surface area (TPSA) is 125 Å². The maximum absolute atomic E-state index is 13.8. The van der Waals surface area contributed by atoms with Gasteiger partial charge in [0.2, 0.25) is 5.91 Å². The Morgan fingerprint density at radius 2 is 1.65 bits per heavy atom. The fourth-order valence-corrected chi connectivity index (χ4v) is 4.25. The van der Waals surface area contributed by atoms with Gasteiger partial charge in [0.05, 0.1) is 12.8 Å². The van der Waals surface area contributed by atoms with Crippen molar-refractivity contribution in [2.45, 2.75) is 66.6 Å². The number of nitrogens with one attached hydrogen (secondary N) is 2. The molecule has 2 aromatic carbocycles. The number of carbonyl (C=O) groups excluding carboxylic acids is 5. The largest absolute Gasteiger partial charge is 0.495 e. The van der Waals surface area contributed by atoms with Crippen LogP contribution in [0.3, 0.4) is 0 Å². The molecular weight excluding hydrogens is 512 g/mol. The van der Waals surface area contributed by atoms with Crippen LogP contribution in [0.15, 0.2) is 48.5 Å². The molecule has 0 bridgehead atoms. The monoisotopic (exact) mass is 550 g/mol. The van der Waals surface area contributed by atoms with Gasteiger partial charge in [0.25, 0.3) is 11.8 Å².